The van der Waals surface area contributed by atoms with Gasteiger partial charge < -0.3 is 10.1 Å². The molecule has 1 N–H and O–H groups in total. The van der Waals surface area contributed by atoms with Crippen LogP contribution >= 0.6 is 22.9 Å². The van der Waals surface area contributed by atoms with Gasteiger partial charge in [-0.3, -0.25) is 0 Å². The van der Waals surface area contributed by atoms with Gasteiger partial charge >= 0.3 is 0 Å². The van der Waals surface area contributed by atoms with Gasteiger partial charge in [0, 0.05) is 10.9 Å². The average Bonchev–Trinajstić information content (AvgIpc) is 3.30. The number of thiophene rings is 1. The van der Waals surface area contributed by atoms with Crippen LogP contribution in [0.3, 0.4) is 0 Å². The topological polar surface area (TPSA) is 64.3 Å². The van der Waals surface area contributed by atoms with Gasteiger partial charge in [0.15, 0.2) is 11.5 Å². The summed E-state index contributed by atoms with van der Waals surface area (Å²) in [6, 6.07) is 13.2. The van der Waals surface area contributed by atoms with E-state index in [9.17, 15) is 0 Å². The second-order valence-corrected chi connectivity index (χ2v) is 6.95. The second-order valence-electron chi connectivity index (χ2n) is 5.76. The first-order chi connectivity index (χ1) is 12.7. The Kier molecular flexibility index (Phi) is 4.73. The molecule has 4 aromatic rings. The van der Waals surface area contributed by atoms with Crippen molar-refractivity contribution in [3.63, 3.8) is 0 Å². The summed E-state index contributed by atoms with van der Waals surface area (Å²) in [7, 11) is 0. The lowest BCUT2D eigenvalue weighted by Gasteiger charge is -2.16. The van der Waals surface area contributed by atoms with Crippen molar-refractivity contribution < 1.29 is 4.74 Å². The summed E-state index contributed by atoms with van der Waals surface area (Å²) in [6.45, 7) is 2.56. The number of ether oxygens (including phenoxy) is 1. The molecule has 26 heavy (non-hydrogen) atoms. The number of aromatic nitrogens is 4. The van der Waals surface area contributed by atoms with Crippen molar-refractivity contribution in [1.82, 2.24) is 19.8 Å². The predicted molar refractivity (Wildman–Crippen MR) is 104 cm³/mol. The summed E-state index contributed by atoms with van der Waals surface area (Å²) in [6.07, 6.45) is -0.0790. The van der Waals surface area contributed by atoms with Gasteiger partial charge in [-0.1, -0.05) is 23.7 Å². The largest absolute Gasteiger partial charge is 0.487 e. The Morgan fingerprint density at radius 3 is 2.88 bits per heavy atom. The zero-order valence-corrected chi connectivity index (χ0v) is 15.5. The Balaban J connectivity index is 1.47. The Morgan fingerprint density at radius 2 is 2.08 bits per heavy atom. The maximum absolute atomic E-state index is 6.13. The predicted octanol–water partition coefficient (Wildman–Crippen LogP) is 4.39. The third-order valence-electron chi connectivity index (χ3n) is 3.78. The Hall–Kier alpha value is -2.64. The number of halogens is 1. The minimum atomic E-state index is -0.0790. The summed E-state index contributed by atoms with van der Waals surface area (Å²) >= 11 is 7.75. The standard InChI is InChI=1S/C18H16ClN5OS/c1-12(25-15-5-3-2-4-14(15)19)10-20-16-6-7-17-21-22-18(24(17)23-16)13-8-9-26-11-13/h2-9,11-12H,10H2,1H3,(H,20,23). The molecular weight excluding hydrogens is 370 g/mol. The van der Waals surface area contributed by atoms with E-state index in [0.29, 0.717) is 23.0 Å². The normalized spacial score (nSPS) is 12.2. The first-order valence-electron chi connectivity index (χ1n) is 8.11. The van der Waals surface area contributed by atoms with E-state index in [1.807, 2.05) is 60.1 Å². The highest BCUT2D eigenvalue weighted by atomic mass is 35.5. The number of hydrogen-bond donors (Lipinski definition) is 1. The van der Waals surface area contributed by atoms with Gasteiger partial charge in [0.05, 0.1) is 11.6 Å². The molecule has 3 heterocycles. The third-order valence-corrected chi connectivity index (χ3v) is 4.77. The summed E-state index contributed by atoms with van der Waals surface area (Å²) in [4.78, 5) is 0. The van der Waals surface area contributed by atoms with Gasteiger partial charge in [-0.25, -0.2) is 0 Å². The smallest absolute Gasteiger partial charge is 0.186 e. The van der Waals surface area contributed by atoms with Crippen molar-refractivity contribution in [1.29, 1.82) is 0 Å². The molecule has 8 heteroatoms. The highest BCUT2D eigenvalue weighted by Crippen LogP contribution is 2.24. The summed E-state index contributed by atoms with van der Waals surface area (Å²) < 4.78 is 7.61. The highest BCUT2D eigenvalue weighted by Gasteiger charge is 2.11. The Bertz CT molecular complexity index is 1020. The van der Waals surface area contributed by atoms with Crippen LogP contribution in [0.2, 0.25) is 5.02 Å². The molecule has 0 saturated carbocycles. The molecule has 0 bridgehead atoms. The molecule has 0 amide bonds. The second kappa shape index (κ2) is 7.31. The first-order valence-corrected chi connectivity index (χ1v) is 9.43. The number of anilines is 1. The number of benzene rings is 1. The molecule has 0 fully saturated rings. The van der Waals surface area contributed by atoms with Crippen LogP contribution in [0.5, 0.6) is 5.75 Å². The van der Waals surface area contributed by atoms with Crippen LogP contribution in [0, 0.1) is 0 Å². The number of nitrogens with one attached hydrogen (secondary N) is 1. The minimum Gasteiger partial charge on any atom is -0.487 e. The maximum atomic E-state index is 6.13. The summed E-state index contributed by atoms with van der Waals surface area (Å²) in [5.41, 5.74) is 1.71. The molecule has 0 spiro atoms. The Morgan fingerprint density at radius 1 is 1.19 bits per heavy atom. The molecule has 6 nitrogen and oxygen atoms in total. The van der Waals surface area contributed by atoms with Crippen molar-refractivity contribution in [2.45, 2.75) is 13.0 Å². The summed E-state index contributed by atoms with van der Waals surface area (Å²) in [5, 5.41) is 20.9. The molecule has 132 valence electrons. The molecule has 3 aromatic heterocycles. The number of para-hydroxylation sites is 1. The first kappa shape index (κ1) is 16.8. The van der Waals surface area contributed by atoms with Crippen LogP contribution in [0.1, 0.15) is 6.92 Å². The SMILES string of the molecule is CC(CNc1ccc2nnc(-c3ccsc3)n2n1)Oc1ccccc1Cl. The monoisotopic (exact) mass is 385 g/mol. The van der Waals surface area contributed by atoms with E-state index >= 15 is 0 Å². The fraction of sp³-hybridized carbons (Fsp3) is 0.167. The quantitative estimate of drug-likeness (QED) is 0.533. The zero-order valence-electron chi connectivity index (χ0n) is 14.0. The van der Waals surface area contributed by atoms with Gasteiger partial charge in [-0.15, -0.1) is 15.3 Å². The van der Waals surface area contributed by atoms with E-state index in [1.54, 1.807) is 15.9 Å². The van der Waals surface area contributed by atoms with Gasteiger partial charge in [0.2, 0.25) is 0 Å². The molecule has 0 aliphatic carbocycles. The van der Waals surface area contributed by atoms with Crippen molar-refractivity contribution in [2.75, 3.05) is 11.9 Å². The zero-order chi connectivity index (χ0) is 17.9. The van der Waals surface area contributed by atoms with Crippen LogP contribution in [-0.2, 0) is 0 Å². The lowest BCUT2D eigenvalue weighted by molar-refractivity contribution is 0.235. The fourth-order valence-corrected chi connectivity index (χ4v) is 3.32. The van der Waals surface area contributed by atoms with E-state index in [-0.39, 0.29) is 6.10 Å². The van der Waals surface area contributed by atoms with Gasteiger partial charge in [0.1, 0.15) is 17.7 Å². The molecule has 1 unspecified atom stereocenters. The molecule has 0 aliphatic heterocycles. The van der Waals surface area contributed by atoms with Crippen LogP contribution in [0.4, 0.5) is 5.82 Å². The van der Waals surface area contributed by atoms with Crippen LogP contribution < -0.4 is 10.1 Å². The van der Waals surface area contributed by atoms with Crippen LogP contribution in [-0.4, -0.2) is 32.5 Å². The van der Waals surface area contributed by atoms with E-state index in [0.717, 1.165) is 17.2 Å². The molecule has 1 aromatic carbocycles. The van der Waals surface area contributed by atoms with Crippen LogP contribution in [0.15, 0.2) is 53.2 Å². The lowest BCUT2D eigenvalue weighted by atomic mass is 10.3. The average molecular weight is 386 g/mol. The van der Waals surface area contributed by atoms with E-state index in [4.69, 9.17) is 16.3 Å². The minimum absolute atomic E-state index is 0.0790. The Labute approximate surface area is 159 Å². The van der Waals surface area contributed by atoms with Crippen molar-refractivity contribution in [2.24, 2.45) is 0 Å². The molecular formula is C18H16ClN5OS. The van der Waals surface area contributed by atoms with Gasteiger partial charge in [-0.2, -0.15) is 15.9 Å². The molecule has 1 atom stereocenters. The van der Waals surface area contributed by atoms with E-state index in [1.165, 1.54) is 0 Å². The summed E-state index contributed by atoms with van der Waals surface area (Å²) in [5.74, 6) is 2.12. The van der Waals surface area contributed by atoms with Crippen LogP contribution in [0.25, 0.3) is 17.0 Å². The van der Waals surface area contributed by atoms with Crippen molar-refractivity contribution >= 4 is 34.4 Å². The number of hydrogen-bond acceptors (Lipinski definition) is 6. The van der Waals surface area contributed by atoms with Gasteiger partial charge in [0.25, 0.3) is 0 Å². The van der Waals surface area contributed by atoms with Gasteiger partial charge in [-0.05, 0) is 42.6 Å². The number of nitrogens with zero attached hydrogens (tertiary/aromatic N) is 4. The molecule has 0 saturated heterocycles. The van der Waals surface area contributed by atoms with E-state index < -0.39 is 0 Å². The number of fused-ring (bicyclic) bond motifs is 1. The third kappa shape index (κ3) is 3.49. The maximum Gasteiger partial charge on any atom is 0.186 e. The molecule has 0 aliphatic rings. The number of rotatable bonds is 6. The lowest BCUT2D eigenvalue weighted by Crippen LogP contribution is -2.23. The van der Waals surface area contributed by atoms with Crippen molar-refractivity contribution in [3.8, 4) is 17.1 Å². The van der Waals surface area contributed by atoms with E-state index in [2.05, 4.69) is 20.6 Å². The fourth-order valence-electron chi connectivity index (χ4n) is 2.50. The molecule has 0 radical (unpaired) electrons. The molecule has 4 rings (SSSR count). The highest BCUT2D eigenvalue weighted by molar-refractivity contribution is 7.08. The van der Waals surface area contributed by atoms with Crippen molar-refractivity contribution in [3.05, 3.63) is 58.2 Å².